The van der Waals surface area contributed by atoms with Crippen LogP contribution in [0, 0.1) is 10.1 Å². The lowest BCUT2D eigenvalue weighted by Crippen LogP contribution is -2.37. The van der Waals surface area contributed by atoms with Gasteiger partial charge in [0.25, 0.3) is 5.69 Å². The van der Waals surface area contributed by atoms with Gasteiger partial charge in [0.1, 0.15) is 0 Å². The molecule has 1 saturated heterocycles. The lowest BCUT2D eigenvalue weighted by Gasteiger charge is -2.34. The van der Waals surface area contributed by atoms with E-state index in [1.165, 1.54) is 12.1 Å². The Bertz CT molecular complexity index is 579. The molecule has 1 fully saturated rings. The highest BCUT2D eigenvalue weighted by Crippen LogP contribution is 2.29. The van der Waals surface area contributed by atoms with Crippen molar-refractivity contribution in [2.75, 3.05) is 24.2 Å². The molecule has 1 heterocycles. The summed E-state index contributed by atoms with van der Waals surface area (Å²) in [6.45, 7) is 1.74. The van der Waals surface area contributed by atoms with Gasteiger partial charge in [-0.05, 0) is 18.1 Å². The fraction of sp³-hybridized carbons (Fsp3) is 0.455. The first-order chi connectivity index (χ1) is 8.37. The van der Waals surface area contributed by atoms with Gasteiger partial charge in [0, 0.05) is 37.2 Å². The summed E-state index contributed by atoms with van der Waals surface area (Å²) in [5, 5.41) is 10.7. The van der Waals surface area contributed by atoms with Crippen LogP contribution in [-0.2, 0) is 15.6 Å². The molecular formula is C11H14N2O4S. The largest absolute Gasteiger partial charge is 0.371 e. The second-order valence-electron chi connectivity index (χ2n) is 4.48. The Labute approximate surface area is 105 Å². The van der Waals surface area contributed by atoms with Gasteiger partial charge in [-0.2, -0.15) is 0 Å². The first-order valence-corrected chi connectivity index (χ1v) is 7.63. The average Bonchev–Trinajstić information content (AvgIpc) is 2.15. The highest BCUT2D eigenvalue weighted by atomic mass is 32.2. The van der Waals surface area contributed by atoms with E-state index in [9.17, 15) is 18.5 Å². The summed E-state index contributed by atoms with van der Waals surface area (Å²) < 4.78 is 22.7. The van der Waals surface area contributed by atoms with Crippen molar-refractivity contribution in [2.45, 2.75) is 12.2 Å². The minimum absolute atomic E-state index is 0.0714. The predicted molar refractivity (Wildman–Crippen MR) is 68.5 cm³/mol. The van der Waals surface area contributed by atoms with Crippen molar-refractivity contribution in [2.24, 2.45) is 0 Å². The van der Waals surface area contributed by atoms with E-state index in [4.69, 9.17) is 0 Å². The molecule has 0 aliphatic carbocycles. The molecule has 6 nitrogen and oxygen atoms in total. The van der Waals surface area contributed by atoms with Crippen molar-refractivity contribution in [1.82, 2.24) is 0 Å². The fourth-order valence-electron chi connectivity index (χ4n) is 1.95. The number of nitrogens with zero attached hydrogens (tertiary/aromatic N) is 2. The molecule has 1 aromatic carbocycles. The van der Waals surface area contributed by atoms with Crippen molar-refractivity contribution >= 4 is 21.2 Å². The third-order valence-corrected chi connectivity index (χ3v) is 3.72. The third kappa shape index (κ3) is 2.79. The van der Waals surface area contributed by atoms with Crippen molar-refractivity contribution < 1.29 is 13.3 Å². The van der Waals surface area contributed by atoms with Gasteiger partial charge in [-0.15, -0.1) is 0 Å². The van der Waals surface area contributed by atoms with E-state index in [0.717, 1.165) is 31.5 Å². The molecule has 1 aromatic rings. The highest BCUT2D eigenvalue weighted by Gasteiger charge is 2.21. The Balaban J connectivity index is 2.42. The van der Waals surface area contributed by atoms with Crippen LogP contribution in [0.4, 0.5) is 11.4 Å². The molecule has 18 heavy (non-hydrogen) atoms. The van der Waals surface area contributed by atoms with Crippen molar-refractivity contribution in [1.29, 1.82) is 0 Å². The van der Waals surface area contributed by atoms with Crippen LogP contribution in [0.15, 0.2) is 18.2 Å². The number of rotatable bonds is 4. The normalized spacial score (nSPS) is 15.3. The van der Waals surface area contributed by atoms with E-state index >= 15 is 0 Å². The first-order valence-electron chi connectivity index (χ1n) is 5.57. The fourth-order valence-corrected chi connectivity index (χ4v) is 2.75. The highest BCUT2D eigenvalue weighted by molar-refractivity contribution is 7.89. The Morgan fingerprint density at radius 2 is 2.06 bits per heavy atom. The summed E-state index contributed by atoms with van der Waals surface area (Å²) in [6.07, 6.45) is 2.20. The maximum Gasteiger partial charge on any atom is 0.269 e. The van der Waals surface area contributed by atoms with E-state index < -0.39 is 14.8 Å². The Morgan fingerprint density at radius 3 is 2.50 bits per heavy atom. The first kappa shape index (κ1) is 12.8. The quantitative estimate of drug-likeness (QED) is 0.609. The van der Waals surface area contributed by atoms with Gasteiger partial charge in [-0.1, -0.05) is 0 Å². The molecule has 0 unspecified atom stereocenters. The van der Waals surface area contributed by atoms with Gasteiger partial charge in [0.2, 0.25) is 0 Å². The van der Waals surface area contributed by atoms with E-state index in [-0.39, 0.29) is 11.4 Å². The number of benzene rings is 1. The van der Waals surface area contributed by atoms with Crippen LogP contribution < -0.4 is 4.90 Å². The van der Waals surface area contributed by atoms with E-state index in [1.807, 2.05) is 4.90 Å². The minimum Gasteiger partial charge on any atom is -0.371 e. The van der Waals surface area contributed by atoms with Crippen LogP contribution in [0.1, 0.15) is 12.0 Å². The molecule has 0 saturated carbocycles. The van der Waals surface area contributed by atoms with Gasteiger partial charge >= 0.3 is 0 Å². The molecule has 0 aromatic heterocycles. The zero-order chi connectivity index (χ0) is 13.3. The summed E-state index contributed by atoms with van der Waals surface area (Å²) in [5.41, 5.74) is 1.22. The molecule has 0 radical (unpaired) electrons. The zero-order valence-corrected chi connectivity index (χ0v) is 10.8. The monoisotopic (exact) mass is 270 g/mol. The van der Waals surface area contributed by atoms with Gasteiger partial charge in [0.15, 0.2) is 9.84 Å². The summed E-state index contributed by atoms with van der Waals surface area (Å²) in [7, 11) is -3.21. The molecule has 0 spiro atoms. The standard InChI is InChI=1S/C11H14N2O4S/c1-18(16,17)8-9-7-10(13(14)15)3-4-11(9)12-5-2-6-12/h3-4,7H,2,5-6,8H2,1H3. The zero-order valence-electron chi connectivity index (χ0n) is 10.00. The number of nitro groups is 1. The summed E-state index contributed by atoms with van der Waals surface area (Å²) in [6, 6.07) is 4.41. The SMILES string of the molecule is CS(=O)(=O)Cc1cc([N+](=O)[O-])ccc1N1CCC1. The number of anilines is 1. The Morgan fingerprint density at radius 1 is 1.39 bits per heavy atom. The van der Waals surface area contributed by atoms with Gasteiger partial charge < -0.3 is 4.90 Å². The average molecular weight is 270 g/mol. The van der Waals surface area contributed by atoms with Crippen LogP contribution in [0.5, 0.6) is 0 Å². The van der Waals surface area contributed by atoms with Crippen molar-refractivity contribution in [3.63, 3.8) is 0 Å². The summed E-state index contributed by atoms with van der Waals surface area (Å²) in [4.78, 5) is 12.2. The molecular weight excluding hydrogens is 256 g/mol. The smallest absolute Gasteiger partial charge is 0.269 e. The number of hydrogen-bond donors (Lipinski definition) is 0. The molecule has 1 aliphatic rings. The topological polar surface area (TPSA) is 80.5 Å². The Kier molecular flexibility index (Phi) is 3.25. The van der Waals surface area contributed by atoms with Crippen molar-refractivity contribution in [3.05, 3.63) is 33.9 Å². The lowest BCUT2D eigenvalue weighted by molar-refractivity contribution is -0.384. The molecule has 2 rings (SSSR count). The number of non-ortho nitro benzene ring substituents is 1. The molecule has 1 aliphatic heterocycles. The van der Waals surface area contributed by atoms with E-state index in [1.54, 1.807) is 6.07 Å². The molecule has 98 valence electrons. The third-order valence-electron chi connectivity index (χ3n) is 2.89. The van der Waals surface area contributed by atoms with Crippen LogP contribution in [0.25, 0.3) is 0 Å². The second kappa shape index (κ2) is 4.56. The number of sulfone groups is 1. The summed E-state index contributed by atoms with van der Waals surface area (Å²) in [5.74, 6) is -0.166. The maximum atomic E-state index is 11.4. The maximum absolute atomic E-state index is 11.4. The molecule has 0 bridgehead atoms. The predicted octanol–water partition coefficient (Wildman–Crippen LogP) is 1.35. The van der Waals surface area contributed by atoms with Crippen LogP contribution in [0.2, 0.25) is 0 Å². The summed E-state index contributed by atoms with van der Waals surface area (Å²) >= 11 is 0. The van der Waals surface area contributed by atoms with Gasteiger partial charge in [-0.25, -0.2) is 8.42 Å². The van der Waals surface area contributed by atoms with Crippen LogP contribution >= 0.6 is 0 Å². The molecule has 0 atom stereocenters. The van der Waals surface area contributed by atoms with Crippen LogP contribution in [-0.4, -0.2) is 32.7 Å². The van der Waals surface area contributed by atoms with E-state index in [0.29, 0.717) is 5.56 Å². The molecule has 0 N–H and O–H groups in total. The van der Waals surface area contributed by atoms with E-state index in [2.05, 4.69) is 0 Å². The molecule has 7 heteroatoms. The second-order valence-corrected chi connectivity index (χ2v) is 6.62. The minimum atomic E-state index is -3.21. The van der Waals surface area contributed by atoms with Crippen molar-refractivity contribution in [3.8, 4) is 0 Å². The molecule has 0 amide bonds. The lowest BCUT2D eigenvalue weighted by atomic mass is 10.1. The number of hydrogen-bond acceptors (Lipinski definition) is 5. The number of nitro benzene ring substituents is 1. The van der Waals surface area contributed by atoms with Gasteiger partial charge in [-0.3, -0.25) is 10.1 Å². The van der Waals surface area contributed by atoms with Gasteiger partial charge in [0.05, 0.1) is 10.7 Å². The Hall–Kier alpha value is -1.63. The van der Waals surface area contributed by atoms with Crippen LogP contribution in [0.3, 0.4) is 0 Å².